The minimum absolute atomic E-state index is 0.0342. The summed E-state index contributed by atoms with van der Waals surface area (Å²) in [6.07, 6.45) is -3.74. The number of carbonyl (C=O) groups is 1. The van der Waals surface area contributed by atoms with Crippen molar-refractivity contribution in [1.29, 1.82) is 5.26 Å². The van der Waals surface area contributed by atoms with Crippen molar-refractivity contribution in [3.8, 4) is 23.3 Å². The molecule has 1 aromatic heterocycles. The van der Waals surface area contributed by atoms with E-state index in [4.69, 9.17) is 13.9 Å². The summed E-state index contributed by atoms with van der Waals surface area (Å²) in [7, 11) is 0. The van der Waals surface area contributed by atoms with E-state index in [-0.39, 0.29) is 22.5 Å². The number of nitrogens with zero attached hydrogens (tertiary/aromatic N) is 1. The van der Waals surface area contributed by atoms with Gasteiger partial charge in [0, 0.05) is 6.07 Å². The zero-order valence-electron chi connectivity index (χ0n) is 18.6. The first kappa shape index (κ1) is 24.3. The molecule has 4 aromatic rings. The van der Waals surface area contributed by atoms with Gasteiger partial charge in [-0.1, -0.05) is 42.5 Å². The molecular weight excluding hydrogens is 475 g/mol. The molecule has 0 aliphatic rings. The first-order valence-electron chi connectivity index (χ1n) is 10.5. The van der Waals surface area contributed by atoms with Gasteiger partial charge in [-0.15, -0.1) is 0 Å². The number of fused-ring (bicyclic) bond motifs is 1. The number of aryl methyl sites for hydroxylation is 1. The highest BCUT2D eigenvalue weighted by molar-refractivity contribution is 5.99. The molecule has 1 heterocycles. The van der Waals surface area contributed by atoms with Crippen molar-refractivity contribution in [1.82, 2.24) is 0 Å². The number of halogens is 3. The van der Waals surface area contributed by atoms with E-state index in [1.807, 2.05) is 0 Å². The smallest absolute Gasteiger partial charge is 0.449 e. The van der Waals surface area contributed by atoms with E-state index in [1.54, 1.807) is 55.5 Å². The second-order valence-electron chi connectivity index (χ2n) is 7.63. The van der Waals surface area contributed by atoms with Gasteiger partial charge >= 0.3 is 12.1 Å². The number of hydrogen-bond acceptors (Lipinski definition) is 6. The van der Waals surface area contributed by atoms with Crippen molar-refractivity contribution in [3.05, 3.63) is 105 Å². The highest BCUT2D eigenvalue weighted by Crippen LogP contribution is 2.38. The molecule has 0 amide bonds. The third-order valence-electron chi connectivity index (χ3n) is 4.95. The third kappa shape index (κ3) is 5.28. The Morgan fingerprint density at radius 1 is 1.00 bits per heavy atom. The first-order chi connectivity index (χ1) is 17.2. The van der Waals surface area contributed by atoms with E-state index < -0.39 is 34.7 Å². The molecule has 180 valence electrons. The molecule has 0 unspecified atom stereocenters. The second kappa shape index (κ2) is 9.80. The lowest BCUT2D eigenvalue weighted by molar-refractivity contribution is -0.154. The van der Waals surface area contributed by atoms with Crippen molar-refractivity contribution < 1.29 is 31.9 Å². The molecule has 0 radical (unpaired) electrons. The number of esters is 1. The van der Waals surface area contributed by atoms with Crippen LogP contribution < -0.4 is 14.9 Å². The normalized spacial score (nSPS) is 11.7. The maximum Gasteiger partial charge on any atom is 0.453 e. The van der Waals surface area contributed by atoms with Crippen LogP contribution in [0.25, 0.3) is 17.0 Å². The maximum absolute atomic E-state index is 13.8. The molecule has 36 heavy (non-hydrogen) atoms. The van der Waals surface area contributed by atoms with Gasteiger partial charge in [0.25, 0.3) is 5.76 Å². The minimum Gasteiger partial charge on any atom is -0.449 e. The van der Waals surface area contributed by atoms with Crippen molar-refractivity contribution in [2.45, 2.75) is 13.1 Å². The predicted octanol–water partition coefficient (Wildman–Crippen LogP) is 6.43. The van der Waals surface area contributed by atoms with Gasteiger partial charge in [-0.05, 0) is 48.4 Å². The summed E-state index contributed by atoms with van der Waals surface area (Å²) in [6, 6.07) is 19.8. The van der Waals surface area contributed by atoms with Gasteiger partial charge in [0.15, 0.2) is 0 Å². The largest absolute Gasteiger partial charge is 0.453 e. The molecule has 3 aromatic carbocycles. The van der Waals surface area contributed by atoms with Crippen molar-refractivity contribution in [3.63, 3.8) is 0 Å². The summed E-state index contributed by atoms with van der Waals surface area (Å²) in [5.41, 5.74) is -0.563. The Morgan fingerprint density at radius 3 is 2.42 bits per heavy atom. The molecule has 0 bridgehead atoms. The van der Waals surface area contributed by atoms with E-state index in [0.717, 1.165) is 17.7 Å². The van der Waals surface area contributed by atoms with Crippen molar-refractivity contribution in [2.24, 2.45) is 0 Å². The standard InChI is InChI=1S/C27H16F3NO5/c1-16-6-5-9-19(12-16)34-24-23(32)21-11-10-20(14-22(21)36-25(24)27(28,29)30)35-26(33)18(15-31)13-17-7-3-2-4-8-17/h2-14H,1H3/b18-13+. The summed E-state index contributed by atoms with van der Waals surface area (Å²) in [6.45, 7) is 1.72. The number of rotatable bonds is 5. The Labute approximate surface area is 202 Å². The van der Waals surface area contributed by atoms with Crippen LogP contribution in [0.3, 0.4) is 0 Å². The quantitative estimate of drug-likeness (QED) is 0.138. The monoisotopic (exact) mass is 491 g/mol. The van der Waals surface area contributed by atoms with Crippen LogP contribution in [0.4, 0.5) is 13.2 Å². The third-order valence-corrected chi connectivity index (χ3v) is 4.95. The van der Waals surface area contributed by atoms with Gasteiger partial charge in [0.2, 0.25) is 11.2 Å². The van der Waals surface area contributed by atoms with Gasteiger partial charge in [0.05, 0.1) is 5.39 Å². The summed E-state index contributed by atoms with van der Waals surface area (Å²) in [4.78, 5) is 25.4. The van der Waals surface area contributed by atoms with Gasteiger partial charge < -0.3 is 13.9 Å². The van der Waals surface area contributed by atoms with Crippen LogP contribution in [-0.2, 0) is 11.0 Å². The summed E-state index contributed by atoms with van der Waals surface area (Å²) < 4.78 is 56.8. The second-order valence-corrected chi connectivity index (χ2v) is 7.63. The van der Waals surface area contributed by atoms with Crippen LogP contribution in [0.5, 0.6) is 17.2 Å². The fraction of sp³-hybridized carbons (Fsp3) is 0.0741. The van der Waals surface area contributed by atoms with Crippen LogP contribution in [0.2, 0.25) is 0 Å². The number of hydrogen-bond donors (Lipinski definition) is 0. The zero-order valence-corrected chi connectivity index (χ0v) is 18.6. The van der Waals surface area contributed by atoms with Crippen LogP contribution >= 0.6 is 0 Å². The highest BCUT2D eigenvalue weighted by Gasteiger charge is 2.40. The van der Waals surface area contributed by atoms with Crippen LogP contribution in [0, 0.1) is 18.3 Å². The first-order valence-corrected chi connectivity index (χ1v) is 10.5. The van der Waals surface area contributed by atoms with Crippen molar-refractivity contribution >= 4 is 23.0 Å². The highest BCUT2D eigenvalue weighted by atomic mass is 19.4. The topological polar surface area (TPSA) is 89.5 Å². The van der Waals surface area contributed by atoms with E-state index in [0.29, 0.717) is 5.56 Å². The number of ether oxygens (including phenoxy) is 2. The molecule has 6 nitrogen and oxygen atoms in total. The van der Waals surface area contributed by atoms with Crippen LogP contribution in [0.15, 0.2) is 87.6 Å². The molecule has 0 atom stereocenters. The summed E-state index contributed by atoms with van der Waals surface area (Å²) >= 11 is 0. The van der Waals surface area contributed by atoms with Crippen LogP contribution in [-0.4, -0.2) is 5.97 Å². The number of benzene rings is 3. The lowest BCUT2D eigenvalue weighted by Gasteiger charge is -2.14. The average molecular weight is 491 g/mol. The van der Waals surface area contributed by atoms with Gasteiger partial charge in [0.1, 0.15) is 28.7 Å². The fourth-order valence-corrected chi connectivity index (χ4v) is 3.31. The number of alkyl halides is 3. The zero-order chi connectivity index (χ0) is 25.9. The van der Waals surface area contributed by atoms with Gasteiger partial charge in [-0.25, -0.2) is 4.79 Å². The lowest BCUT2D eigenvalue weighted by atomic mass is 10.1. The van der Waals surface area contributed by atoms with E-state index >= 15 is 0 Å². The molecule has 0 fully saturated rings. The van der Waals surface area contributed by atoms with Crippen molar-refractivity contribution in [2.75, 3.05) is 0 Å². The molecule has 0 N–H and O–H groups in total. The Bertz CT molecular complexity index is 1580. The van der Waals surface area contributed by atoms with E-state index in [1.165, 1.54) is 24.3 Å². The minimum atomic E-state index is -5.05. The molecule has 0 saturated carbocycles. The molecule has 0 spiro atoms. The molecular formula is C27H16F3NO5. The molecule has 0 saturated heterocycles. The summed E-state index contributed by atoms with van der Waals surface area (Å²) in [5.74, 6) is -3.86. The summed E-state index contributed by atoms with van der Waals surface area (Å²) in [5, 5.41) is 9.10. The van der Waals surface area contributed by atoms with Crippen LogP contribution in [0.1, 0.15) is 16.9 Å². The van der Waals surface area contributed by atoms with E-state index in [2.05, 4.69) is 0 Å². The molecule has 0 aliphatic heterocycles. The Hall–Kier alpha value is -4.84. The maximum atomic E-state index is 13.8. The van der Waals surface area contributed by atoms with E-state index in [9.17, 15) is 28.0 Å². The predicted molar refractivity (Wildman–Crippen MR) is 124 cm³/mol. The Kier molecular flexibility index (Phi) is 6.61. The number of carbonyl (C=O) groups excluding carboxylic acids is 1. The lowest BCUT2D eigenvalue weighted by Crippen LogP contribution is -2.16. The average Bonchev–Trinajstić information content (AvgIpc) is 2.84. The molecule has 0 aliphatic carbocycles. The van der Waals surface area contributed by atoms with Gasteiger partial charge in [-0.3, -0.25) is 4.79 Å². The Balaban J connectivity index is 1.72. The SMILES string of the molecule is Cc1cccc(Oc2c(C(F)(F)F)oc3cc(OC(=O)/C(C#N)=C/c4ccccc4)ccc3c2=O)c1. The molecule has 4 rings (SSSR count). The van der Waals surface area contributed by atoms with Gasteiger partial charge in [-0.2, -0.15) is 18.4 Å². The Morgan fingerprint density at radius 2 is 1.75 bits per heavy atom. The number of nitriles is 1. The molecule has 9 heteroatoms. The fourth-order valence-electron chi connectivity index (χ4n) is 3.31.